The lowest BCUT2D eigenvalue weighted by Crippen LogP contribution is -2.26. The molecule has 0 bridgehead atoms. The topological polar surface area (TPSA) is 61.5 Å². The van der Waals surface area contributed by atoms with E-state index in [9.17, 15) is 4.79 Å². The Kier molecular flexibility index (Phi) is 4.12. The summed E-state index contributed by atoms with van der Waals surface area (Å²) in [6.07, 6.45) is -0.0673. The molecular weight excluding hydrogens is 194 g/mol. The number of benzene rings is 1. The Hall–Kier alpha value is -1.55. The molecule has 0 radical (unpaired) electrons. The zero-order valence-electron chi connectivity index (χ0n) is 8.90. The molecule has 0 aliphatic rings. The number of nitrogen functional groups attached to an aromatic ring is 1. The molecule has 0 aromatic heterocycles. The molecule has 1 atom stereocenters. The second-order valence-corrected chi connectivity index (χ2v) is 3.19. The molecule has 1 unspecified atom stereocenters. The Labute approximate surface area is 89.0 Å². The molecule has 0 amide bonds. The summed E-state index contributed by atoms with van der Waals surface area (Å²) in [7, 11) is 2.83. The zero-order chi connectivity index (χ0) is 11.3. The molecule has 0 saturated carbocycles. The summed E-state index contributed by atoms with van der Waals surface area (Å²) in [5.74, 6) is -0.366. The molecule has 82 valence electrons. The highest BCUT2D eigenvalue weighted by molar-refractivity contribution is 5.74. The lowest BCUT2D eigenvalue weighted by molar-refractivity contribution is -0.152. The number of hydrogen-bond acceptors (Lipinski definition) is 4. The van der Waals surface area contributed by atoms with E-state index >= 15 is 0 Å². The first-order valence-electron chi connectivity index (χ1n) is 4.62. The van der Waals surface area contributed by atoms with Gasteiger partial charge in [-0.25, -0.2) is 4.79 Å². The highest BCUT2D eigenvalue weighted by Crippen LogP contribution is 2.10. The summed E-state index contributed by atoms with van der Waals surface area (Å²) >= 11 is 0. The van der Waals surface area contributed by atoms with Crippen molar-refractivity contribution in [3.05, 3.63) is 29.8 Å². The molecule has 4 heteroatoms. The van der Waals surface area contributed by atoms with Gasteiger partial charge in [-0.1, -0.05) is 12.1 Å². The van der Waals surface area contributed by atoms with Crippen molar-refractivity contribution in [2.75, 3.05) is 20.0 Å². The Morgan fingerprint density at radius 3 is 2.40 bits per heavy atom. The van der Waals surface area contributed by atoms with E-state index in [0.717, 1.165) is 5.56 Å². The molecule has 15 heavy (non-hydrogen) atoms. The quantitative estimate of drug-likeness (QED) is 0.593. The largest absolute Gasteiger partial charge is 0.467 e. The van der Waals surface area contributed by atoms with E-state index in [-0.39, 0.29) is 5.97 Å². The number of esters is 1. The van der Waals surface area contributed by atoms with E-state index in [4.69, 9.17) is 10.5 Å². The second kappa shape index (κ2) is 5.36. The van der Waals surface area contributed by atoms with Gasteiger partial charge in [0.2, 0.25) is 0 Å². The standard InChI is InChI=1S/C11H15NO3/c1-14-10(11(13)15-2)7-8-3-5-9(12)6-4-8/h3-6,10H,7,12H2,1-2H3. The van der Waals surface area contributed by atoms with Gasteiger partial charge >= 0.3 is 5.97 Å². The fourth-order valence-corrected chi connectivity index (χ4v) is 1.26. The SMILES string of the molecule is COC(=O)C(Cc1ccc(N)cc1)OC. The molecule has 4 nitrogen and oxygen atoms in total. The van der Waals surface area contributed by atoms with E-state index in [1.54, 1.807) is 12.1 Å². The molecule has 0 aliphatic heterocycles. The predicted octanol–water partition coefficient (Wildman–Crippen LogP) is 0.999. The van der Waals surface area contributed by atoms with E-state index in [1.807, 2.05) is 12.1 Å². The third-order valence-electron chi connectivity index (χ3n) is 2.15. The van der Waals surface area contributed by atoms with Gasteiger partial charge in [-0.2, -0.15) is 0 Å². The van der Waals surface area contributed by atoms with Gasteiger partial charge in [0.05, 0.1) is 7.11 Å². The van der Waals surface area contributed by atoms with E-state index < -0.39 is 6.10 Å². The van der Waals surface area contributed by atoms with Gasteiger partial charge in [0.25, 0.3) is 0 Å². The van der Waals surface area contributed by atoms with Crippen LogP contribution < -0.4 is 5.73 Å². The van der Waals surface area contributed by atoms with Crippen LogP contribution >= 0.6 is 0 Å². The van der Waals surface area contributed by atoms with Gasteiger partial charge in [0.1, 0.15) is 0 Å². The van der Waals surface area contributed by atoms with Crippen LogP contribution in [0.4, 0.5) is 5.69 Å². The maximum absolute atomic E-state index is 11.2. The van der Waals surface area contributed by atoms with Gasteiger partial charge in [-0.05, 0) is 17.7 Å². The van der Waals surface area contributed by atoms with Crippen molar-refractivity contribution in [3.63, 3.8) is 0 Å². The molecule has 0 fully saturated rings. The number of anilines is 1. The minimum atomic E-state index is -0.557. The number of rotatable bonds is 4. The normalized spacial score (nSPS) is 12.1. The second-order valence-electron chi connectivity index (χ2n) is 3.19. The Bertz CT molecular complexity index is 321. The monoisotopic (exact) mass is 209 g/mol. The number of hydrogen-bond donors (Lipinski definition) is 1. The highest BCUT2D eigenvalue weighted by atomic mass is 16.6. The smallest absolute Gasteiger partial charge is 0.335 e. The summed E-state index contributed by atoms with van der Waals surface area (Å²) in [5.41, 5.74) is 7.24. The van der Waals surface area contributed by atoms with Crippen LogP contribution in [-0.4, -0.2) is 26.3 Å². The number of ether oxygens (including phenoxy) is 2. The molecule has 1 aromatic rings. The van der Waals surface area contributed by atoms with Crippen molar-refractivity contribution in [3.8, 4) is 0 Å². The van der Waals surface area contributed by atoms with Crippen LogP contribution in [-0.2, 0) is 20.7 Å². The summed E-state index contributed by atoms with van der Waals surface area (Å²) in [4.78, 5) is 11.2. The molecule has 1 aromatic carbocycles. The third kappa shape index (κ3) is 3.25. The number of methoxy groups -OCH3 is 2. The minimum absolute atomic E-state index is 0.366. The van der Waals surface area contributed by atoms with Crippen LogP contribution in [0.1, 0.15) is 5.56 Å². The van der Waals surface area contributed by atoms with Crippen LogP contribution in [0.25, 0.3) is 0 Å². The van der Waals surface area contributed by atoms with Crippen molar-refractivity contribution in [2.24, 2.45) is 0 Å². The first kappa shape index (κ1) is 11.5. The summed E-state index contributed by atoms with van der Waals surface area (Å²) < 4.78 is 9.64. The van der Waals surface area contributed by atoms with E-state index in [0.29, 0.717) is 12.1 Å². The molecule has 2 N–H and O–H groups in total. The molecule has 1 rings (SSSR count). The zero-order valence-corrected chi connectivity index (χ0v) is 8.90. The van der Waals surface area contributed by atoms with Crippen LogP contribution in [0.2, 0.25) is 0 Å². The Morgan fingerprint density at radius 2 is 1.93 bits per heavy atom. The average molecular weight is 209 g/mol. The third-order valence-corrected chi connectivity index (χ3v) is 2.15. The Balaban J connectivity index is 2.66. The van der Waals surface area contributed by atoms with Gasteiger partial charge in [-0.3, -0.25) is 0 Å². The first-order valence-corrected chi connectivity index (χ1v) is 4.62. The number of carbonyl (C=O) groups is 1. The Morgan fingerprint density at radius 1 is 1.33 bits per heavy atom. The number of nitrogens with two attached hydrogens (primary N) is 1. The minimum Gasteiger partial charge on any atom is -0.467 e. The van der Waals surface area contributed by atoms with Crippen molar-refractivity contribution < 1.29 is 14.3 Å². The van der Waals surface area contributed by atoms with Crippen molar-refractivity contribution in [1.82, 2.24) is 0 Å². The molecule has 0 heterocycles. The van der Waals surface area contributed by atoms with Crippen LogP contribution in [0, 0.1) is 0 Å². The maximum Gasteiger partial charge on any atom is 0.335 e. The van der Waals surface area contributed by atoms with Crippen molar-refractivity contribution >= 4 is 11.7 Å². The summed E-state index contributed by atoms with van der Waals surface area (Å²) in [5, 5.41) is 0. The van der Waals surface area contributed by atoms with Crippen molar-refractivity contribution in [1.29, 1.82) is 0 Å². The molecular formula is C11H15NO3. The van der Waals surface area contributed by atoms with Gasteiger partial charge in [0.15, 0.2) is 6.10 Å². The van der Waals surface area contributed by atoms with Crippen molar-refractivity contribution in [2.45, 2.75) is 12.5 Å². The summed E-state index contributed by atoms with van der Waals surface area (Å²) in [6.45, 7) is 0. The van der Waals surface area contributed by atoms with Gasteiger partial charge in [0, 0.05) is 19.2 Å². The van der Waals surface area contributed by atoms with Crippen LogP contribution in [0.15, 0.2) is 24.3 Å². The maximum atomic E-state index is 11.2. The van der Waals surface area contributed by atoms with Crippen LogP contribution in [0.5, 0.6) is 0 Å². The predicted molar refractivity (Wildman–Crippen MR) is 57.4 cm³/mol. The molecule has 0 spiro atoms. The summed E-state index contributed by atoms with van der Waals surface area (Å²) in [6, 6.07) is 7.31. The lowest BCUT2D eigenvalue weighted by Gasteiger charge is -2.12. The number of carbonyl (C=O) groups excluding carboxylic acids is 1. The van der Waals surface area contributed by atoms with E-state index in [2.05, 4.69) is 4.74 Å². The van der Waals surface area contributed by atoms with Gasteiger partial charge < -0.3 is 15.2 Å². The molecule has 0 saturated heterocycles. The fraction of sp³-hybridized carbons (Fsp3) is 0.364. The highest BCUT2D eigenvalue weighted by Gasteiger charge is 2.18. The van der Waals surface area contributed by atoms with Crippen LogP contribution in [0.3, 0.4) is 0 Å². The average Bonchev–Trinajstić information content (AvgIpc) is 2.27. The first-order chi connectivity index (χ1) is 7.17. The lowest BCUT2D eigenvalue weighted by atomic mass is 10.1. The van der Waals surface area contributed by atoms with E-state index in [1.165, 1.54) is 14.2 Å². The fourth-order valence-electron chi connectivity index (χ4n) is 1.26. The molecule has 0 aliphatic carbocycles. The van der Waals surface area contributed by atoms with Gasteiger partial charge in [-0.15, -0.1) is 0 Å².